The van der Waals surface area contributed by atoms with Gasteiger partial charge in [-0.05, 0) is 62.7 Å². The minimum absolute atomic E-state index is 0.00606. The Bertz CT molecular complexity index is 391. The van der Waals surface area contributed by atoms with Gasteiger partial charge in [-0.25, -0.2) is 0 Å². The van der Waals surface area contributed by atoms with E-state index in [1.807, 2.05) is 0 Å². The van der Waals surface area contributed by atoms with Crippen molar-refractivity contribution in [3.05, 3.63) is 5.92 Å². The molecule has 1 heteroatoms. The molecule has 0 aromatic heterocycles. The Morgan fingerprint density at radius 3 is 2.04 bits per heavy atom. The summed E-state index contributed by atoms with van der Waals surface area (Å²) in [5, 5.41) is 10.3. The van der Waals surface area contributed by atoms with Crippen LogP contribution in [0.2, 0.25) is 0 Å². The van der Waals surface area contributed by atoms with Gasteiger partial charge < -0.3 is 0 Å². The molecule has 2 rings (SSSR count). The second-order valence-electron chi connectivity index (χ2n) is 9.05. The van der Waals surface area contributed by atoms with E-state index in [1.54, 1.807) is 5.92 Å². The molecule has 0 bridgehead atoms. The van der Waals surface area contributed by atoms with Crippen LogP contribution in [0.5, 0.6) is 0 Å². The van der Waals surface area contributed by atoms with Crippen LogP contribution < -0.4 is 0 Å². The van der Waals surface area contributed by atoms with E-state index in [0.717, 1.165) is 0 Å². The van der Waals surface area contributed by atoms with E-state index in [4.69, 9.17) is 0 Å². The minimum atomic E-state index is -0.00606. The van der Waals surface area contributed by atoms with Crippen molar-refractivity contribution >= 4 is 0 Å². The summed E-state index contributed by atoms with van der Waals surface area (Å²) < 4.78 is 0. The van der Waals surface area contributed by atoms with Crippen LogP contribution in [-0.2, 0) is 0 Å². The molecule has 143 valence electrons. The third-order valence-electron chi connectivity index (χ3n) is 7.49. The number of unbranched alkanes of at least 4 members (excludes halogenated alkanes) is 5. The lowest BCUT2D eigenvalue weighted by Gasteiger charge is -2.52. The lowest BCUT2D eigenvalue weighted by Crippen LogP contribution is -2.45. The molecule has 1 nitrogen and oxygen atoms in total. The van der Waals surface area contributed by atoms with Crippen molar-refractivity contribution in [2.24, 2.45) is 10.8 Å². The van der Waals surface area contributed by atoms with Gasteiger partial charge in [0, 0.05) is 0 Å². The Balaban J connectivity index is 2.00. The van der Waals surface area contributed by atoms with Crippen LogP contribution in [-0.4, -0.2) is 0 Å². The van der Waals surface area contributed by atoms with Crippen LogP contribution in [0.3, 0.4) is 0 Å². The number of nitriles is 1. The zero-order chi connectivity index (χ0) is 18.0. The Kier molecular flexibility index (Phi) is 8.81. The number of hydrogen-bond donors (Lipinski definition) is 0. The number of nitrogens with zero attached hydrogens (tertiary/aromatic N) is 1. The second kappa shape index (κ2) is 10.6. The first-order chi connectivity index (χ1) is 12.2. The van der Waals surface area contributed by atoms with Gasteiger partial charge in [-0.15, -0.1) is 0 Å². The number of hydrogen-bond acceptors (Lipinski definition) is 1. The summed E-state index contributed by atoms with van der Waals surface area (Å²) in [6, 6.07) is 2.94. The smallest absolute Gasteiger partial charge is 0.0695 e. The largest absolute Gasteiger partial charge is 0.198 e. The summed E-state index contributed by atoms with van der Waals surface area (Å²) >= 11 is 0. The second-order valence-corrected chi connectivity index (χ2v) is 9.05. The molecule has 0 amide bonds. The Morgan fingerprint density at radius 2 is 1.44 bits per heavy atom. The highest BCUT2D eigenvalue weighted by atomic mass is 14.6. The SMILES string of the molecule is CCCCCCC1(C2(C#N)CC[C](CCCCC)CC2)CCCCC1. The molecule has 0 aliphatic heterocycles. The maximum absolute atomic E-state index is 10.3. The van der Waals surface area contributed by atoms with Crippen LogP contribution in [0.4, 0.5) is 0 Å². The van der Waals surface area contributed by atoms with Crippen LogP contribution in [0.1, 0.15) is 129 Å². The molecule has 0 aromatic carbocycles. The molecule has 0 spiro atoms. The van der Waals surface area contributed by atoms with Crippen LogP contribution in [0.25, 0.3) is 0 Å². The zero-order valence-electron chi connectivity index (χ0n) is 17.2. The van der Waals surface area contributed by atoms with Crippen molar-refractivity contribution < 1.29 is 0 Å². The van der Waals surface area contributed by atoms with E-state index in [-0.39, 0.29) is 5.41 Å². The minimum Gasteiger partial charge on any atom is -0.198 e. The molecule has 25 heavy (non-hydrogen) atoms. The zero-order valence-corrected chi connectivity index (χ0v) is 17.2. The summed E-state index contributed by atoms with van der Waals surface area (Å²) in [5.41, 5.74) is 0.344. The van der Waals surface area contributed by atoms with Crippen molar-refractivity contribution in [3.8, 4) is 6.07 Å². The molecular formula is C24H42N. The van der Waals surface area contributed by atoms with Gasteiger partial charge in [0.2, 0.25) is 0 Å². The maximum Gasteiger partial charge on any atom is 0.0695 e. The lowest BCUT2D eigenvalue weighted by molar-refractivity contribution is 0.00325. The fourth-order valence-corrected chi connectivity index (χ4v) is 5.75. The van der Waals surface area contributed by atoms with Crippen molar-refractivity contribution in [1.82, 2.24) is 0 Å². The normalized spacial score (nSPS) is 23.2. The molecule has 0 N–H and O–H groups in total. The predicted molar refractivity (Wildman–Crippen MR) is 108 cm³/mol. The van der Waals surface area contributed by atoms with E-state index in [1.165, 1.54) is 116 Å². The highest BCUT2D eigenvalue weighted by Gasteiger charge is 2.52. The Hall–Kier alpha value is -0.510. The van der Waals surface area contributed by atoms with Gasteiger partial charge in [0.1, 0.15) is 0 Å². The molecule has 0 atom stereocenters. The Labute approximate surface area is 158 Å². The molecular weight excluding hydrogens is 302 g/mol. The lowest BCUT2D eigenvalue weighted by atomic mass is 9.50. The van der Waals surface area contributed by atoms with Gasteiger partial charge in [0.25, 0.3) is 0 Å². The van der Waals surface area contributed by atoms with Gasteiger partial charge in [0.05, 0.1) is 11.5 Å². The summed E-state index contributed by atoms with van der Waals surface area (Å²) in [6.07, 6.45) is 23.7. The van der Waals surface area contributed by atoms with Crippen molar-refractivity contribution in [1.29, 1.82) is 5.26 Å². The summed E-state index contributed by atoms with van der Waals surface area (Å²) in [5.74, 6) is 1.77. The van der Waals surface area contributed by atoms with Gasteiger partial charge >= 0.3 is 0 Å². The topological polar surface area (TPSA) is 23.8 Å². The molecule has 2 fully saturated rings. The Morgan fingerprint density at radius 1 is 0.800 bits per heavy atom. The van der Waals surface area contributed by atoms with Crippen LogP contribution >= 0.6 is 0 Å². The molecule has 0 heterocycles. The standard InChI is InChI=1S/C24H42N/c1-3-5-7-10-16-23(17-11-8-12-18-23)24(21-25)19-14-22(15-20-24)13-9-6-4-2/h3-20H2,1-2H3. The number of rotatable bonds is 10. The summed E-state index contributed by atoms with van der Waals surface area (Å²) in [6.45, 7) is 4.59. The predicted octanol–water partition coefficient (Wildman–Crippen LogP) is 8.15. The van der Waals surface area contributed by atoms with E-state index in [2.05, 4.69) is 19.9 Å². The first-order valence-corrected chi connectivity index (χ1v) is 11.5. The molecule has 0 aromatic rings. The quantitative estimate of drug-likeness (QED) is 0.367. The highest BCUT2D eigenvalue weighted by molar-refractivity contribution is 5.16. The van der Waals surface area contributed by atoms with E-state index < -0.39 is 0 Å². The molecule has 2 aliphatic rings. The van der Waals surface area contributed by atoms with Gasteiger partial charge in [-0.3, -0.25) is 0 Å². The third kappa shape index (κ3) is 5.24. The van der Waals surface area contributed by atoms with Crippen LogP contribution in [0, 0.1) is 28.1 Å². The summed E-state index contributed by atoms with van der Waals surface area (Å²) in [4.78, 5) is 0. The third-order valence-corrected chi connectivity index (χ3v) is 7.49. The fourth-order valence-electron chi connectivity index (χ4n) is 5.75. The van der Waals surface area contributed by atoms with Crippen molar-refractivity contribution in [2.45, 2.75) is 129 Å². The monoisotopic (exact) mass is 344 g/mol. The average Bonchev–Trinajstić information content (AvgIpc) is 2.67. The van der Waals surface area contributed by atoms with E-state index in [9.17, 15) is 5.26 Å². The summed E-state index contributed by atoms with van der Waals surface area (Å²) in [7, 11) is 0. The van der Waals surface area contributed by atoms with Gasteiger partial charge in [-0.1, -0.05) is 78.1 Å². The highest BCUT2D eigenvalue weighted by Crippen LogP contribution is 2.60. The van der Waals surface area contributed by atoms with Gasteiger partial charge in [0.15, 0.2) is 0 Å². The van der Waals surface area contributed by atoms with E-state index in [0.29, 0.717) is 5.41 Å². The molecule has 2 aliphatic carbocycles. The van der Waals surface area contributed by atoms with Crippen LogP contribution in [0.15, 0.2) is 0 Å². The van der Waals surface area contributed by atoms with Crippen molar-refractivity contribution in [2.75, 3.05) is 0 Å². The first kappa shape index (κ1) is 20.8. The average molecular weight is 345 g/mol. The fraction of sp³-hybridized carbons (Fsp3) is 0.917. The molecule has 0 saturated heterocycles. The maximum atomic E-state index is 10.3. The molecule has 0 unspecified atom stereocenters. The molecule has 2 saturated carbocycles. The first-order valence-electron chi connectivity index (χ1n) is 11.5. The van der Waals surface area contributed by atoms with Gasteiger partial charge in [-0.2, -0.15) is 5.26 Å². The molecule has 1 radical (unpaired) electrons. The van der Waals surface area contributed by atoms with E-state index >= 15 is 0 Å². The van der Waals surface area contributed by atoms with Crippen molar-refractivity contribution in [3.63, 3.8) is 0 Å².